The lowest BCUT2D eigenvalue weighted by atomic mass is 10.2. The minimum atomic E-state index is -0.489. The zero-order valence-corrected chi connectivity index (χ0v) is 10.9. The number of benzene rings is 1. The monoisotopic (exact) mass is 263 g/mol. The Hall–Kier alpha value is -1.68. The fourth-order valence-corrected chi connectivity index (χ4v) is 2.65. The van der Waals surface area contributed by atoms with Crippen molar-refractivity contribution >= 4 is 17.2 Å². The van der Waals surface area contributed by atoms with Gasteiger partial charge in [0.05, 0.1) is 12.1 Å². The number of aryl methyl sites for hydroxylation is 1. The van der Waals surface area contributed by atoms with Crippen molar-refractivity contribution in [3.8, 4) is 0 Å². The van der Waals surface area contributed by atoms with Crippen LogP contribution in [-0.4, -0.2) is 5.91 Å². The second-order valence-corrected chi connectivity index (χ2v) is 4.89. The normalized spacial score (nSPS) is 10.3. The van der Waals surface area contributed by atoms with Gasteiger partial charge < -0.3 is 5.32 Å². The van der Waals surface area contributed by atoms with Gasteiger partial charge in [0.15, 0.2) is 0 Å². The SMILES string of the molecule is CCc1ccsc1CNC(=O)c1ccccc1F. The Balaban J connectivity index is 2.03. The average Bonchev–Trinajstić information content (AvgIpc) is 2.84. The lowest BCUT2D eigenvalue weighted by Crippen LogP contribution is -2.23. The fraction of sp³-hybridized carbons (Fsp3) is 0.214. The molecular weight excluding hydrogens is 249 g/mol. The fourth-order valence-electron chi connectivity index (χ4n) is 1.74. The molecule has 4 heteroatoms. The van der Waals surface area contributed by atoms with Gasteiger partial charge in [-0.3, -0.25) is 4.79 Å². The number of hydrogen-bond donors (Lipinski definition) is 1. The second-order valence-electron chi connectivity index (χ2n) is 3.89. The number of thiophene rings is 1. The summed E-state index contributed by atoms with van der Waals surface area (Å²) >= 11 is 1.61. The molecule has 0 aliphatic rings. The van der Waals surface area contributed by atoms with Crippen molar-refractivity contribution in [1.82, 2.24) is 5.32 Å². The molecule has 2 rings (SSSR count). The summed E-state index contributed by atoms with van der Waals surface area (Å²) < 4.78 is 13.4. The van der Waals surface area contributed by atoms with Crippen LogP contribution in [0.15, 0.2) is 35.7 Å². The van der Waals surface area contributed by atoms with Gasteiger partial charge in [0.25, 0.3) is 5.91 Å². The van der Waals surface area contributed by atoms with Crippen LogP contribution in [0.25, 0.3) is 0 Å². The van der Waals surface area contributed by atoms with E-state index in [4.69, 9.17) is 0 Å². The highest BCUT2D eigenvalue weighted by Crippen LogP contribution is 2.17. The Bertz CT molecular complexity index is 550. The van der Waals surface area contributed by atoms with Crippen molar-refractivity contribution < 1.29 is 9.18 Å². The first-order valence-corrected chi connectivity index (χ1v) is 6.68. The summed E-state index contributed by atoms with van der Waals surface area (Å²) in [6.45, 7) is 2.53. The maximum absolute atomic E-state index is 13.4. The standard InChI is InChI=1S/C14H14FNOS/c1-2-10-7-8-18-13(10)9-16-14(17)11-5-3-4-6-12(11)15/h3-8H,2,9H2,1H3,(H,16,17). The van der Waals surface area contributed by atoms with Crippen LogP contribution in [0.4, 0.5) is 4.39 Å². The van der Waals surface area contributed by atoms with Gasteiger partial charge in [-0.05, 0) is 35.6 Å². The van der Waals surface area contributed by atoms with E-state index in [0.717, 1.165) is 11.3 Å². The summed E-state index contributed by atoms with van der Waals surface area (Å²) in [5.41, 5.74) is 1.32. The quantitative estimate of drug-likeness (QED) is 0.900. The zero-order valence-electron chi connectivity index (χ0n) is 10.1. The van der Waals surface area contributed by atoms with E-state index < -0.39 is 5.82 Å². The lowest BCUT2D eigenvalue weighted by Gasteiger charge is -2.06. The van der Waals surface area contributed by atoms with E-state index in [1.54, 1.807) is 23.5 Å². The smallest absolute Gasteiger partial charge is 0.254 e. The molecule has 18 heavy (non-hydrogen) atoms. The van der Waals surface area contributed by atoms with Crippen LogP contribution in [0.1, 0.15) is 27.7 Å². The number of amides is 1. The average molecular weight is 263 g/mol. The lowest BCUT2D eigenvalue weighted by molar-refractivity contribution is 0.0947. The molecule has 0 unspecified atom stereocenters. The summed E-state index contributed by atoms with van der Waals surface area (Å²) in [4.78, 5) is 12.9. The van der Waals surface area contributed by atoms with Gasteiger partial charge in [0.1, 0.15) is 5.82 Å². The summed E-state index contributed by atoms with van der Waals surface area (Å²) in [5.74, 6) is -0.861. The van der Waals surface area contributed by atoms with Gasteiger partial charge in [-0.1, -0.05) is 19.1 Å². The number of carbonyl (C=O) groups excluding carboxylic acids is 1. The topological polar surface area (TPSA) is 29.1 Å². The summed E-state index contributed by atoms with van der Waals surface area (Å²) in [6.07, 6.45) is 0.939. The van der Waals surface area contributed by atoms with Crippen molar-refractivity contribution in [1.29, 1.82) is 0 Å². The highest BCUT2D eigenvalue weighted by molar-refractivity contribution is 7.10. The van der Waals surface area contributed by atoms with Crippen molar-refractivity contribution in [2.24, 2.45) is 0 Å². The molecule has 0 saturated carbocycles. The number of carbonyl (C=O) groups is 1. The zero-order chi connectivity index (χ0) is 13.0. The van der Waals surface area contributed by atoms with E-state index in [0.29, 0.717) is 6.54 Å². The van der Waals surface area contributed by atoms with Crippen LogP contribution in [0, 0.1) is 5.82 Å². The molecule has 94 valence electrons. The molecule has 1 amide bonds. The van der Waals surface area contributed by atoms with Crippen LogP contribution in [0.3, 0.4) is 0 Å². The molecular formula is C14H14FNOS. The van der Waals surface area contributed by atoms with E-state index in [2.05, 4.69) is 18.3 Å². The van der Waals surface area contributed by atoms with E-state index in [1.165, 1.54) is 17.7 Å². The minimum Gasteiger partial charge on any atom is -0.347 e. The van der Waals surface area contributed by atoms with Gasteiger partial charge >= 0.3 is 0 Å². The Morgan fingerprint density at radius 2 is 2.11 bits per heavy atom. The van der Waals surface area contributed by atoms with Crippen LogP contribution in [-0.2, 0) is 13.0 Å². The van der Waals surface area contributed by atoms with E-state index in [9.17, 15) is 9.18 Å². The van der Waals surface area contributed by atoms with Gasteiger partial charge in [0.2, 0.25) is 0 Å². The molecule has 0 atom stereocenters. The maximum Gasteiger partial charge on any atom is 0.254 e. The Morgan fingerprint density at radius 3 is 2.83 bits per heavy atom. The molecule has 1 aromatic heterocycles. The van der Waals surface area contributed by atoms with Crippen LogP contribution in [0.5, 0.6) is 0 Å². The third kappa shape index (κ3) is 2.76. The summed E-state index contributed by atoms with van der Waals surface area (Å²) in [6, 6.07) is 8.05. The molecule has 2 nitrogen and oxygen atoms in total. The molecule has 0 fully saturated rings. The van der Waals surface area contributed by atoms with Gasteiger partial charge in [0, 0.05) is 4.88 Å². The number of halogens is 1. The molecule has 0 bridgehead atoms. The Labute approximate surface area is 109 Å². The minimum absolute atomic E-state index is 0.0899. The molecule has 0 aliphatic carbocycles. The summed E-state index contributed by atoms with van der Waals surface area (Å²) in [7, 11) is 0. The van der Waals surface area contributed by atoms with Crippen LogP contribution >= 0.6 is 11.3 Å². The predicted molar refractivity (Wildman–Crippen MR) is 71.3 cm³/mol. The molecule has 1 heterocycles. The first-order chi connectivity index (χ1) is 8.72. The van der Waals surface area contributed by atoms with Gasteiger partial charge in [-0.2, -0.15) is 0 Å². The van der Waals surface area contributed by atoms with Crippen molar-refractivity contribution in [3.63, 3.8) is 0 Å². The predicted octanol–water partition coefficient (Wildman–Crippen LogP) is 3.38. The highest BCUT2D eigenvalue weighted by atomic mass is 32.1. The van der Waals surface area contributed by atoms with Crippen molar-refractivity contribution in [2.45, 2.75) is 19.9 Å². The molecule has 0 radical (unpaired) electrons. The molecule has 0 saturated heterocycles. The van der Waals surface area contributed by atoms with E-state index >= 15 is 0 Å². The Morgan fingerprint density at radius 1 is 1.33 bits per heavy atom. The number of rotatable bonds is 4. The first kappa shape index (κ1) is 12.8. The third-order valence-electron chi connectivity index (χ3n) is 2.75. The number of hydrogen-bond acceptors (Lipinski definition) is 2. The van der Waals surface area contributed by atoms with Crippen LogP contribution in [0.2, 0.25) is 0 Å². The number of nitrogens with one attached hydrogen (secondary N) is 1. The van der Waals surface area contributed by atoms with Crippen molar-refractivity contribution in [2.75, 3.05) is 0 Å². The van der Waals surface area contributed by atoms with E-state index in [1.807, 2.05) is 5.38 Å². The van der Waals surface area contributed by atoms with Crippen LogP contribution < -0.4 is 5.32 Å². The molecule has 2 aromatic rings. The van der Waals surface area contributed by atoms with Crippen molar-refractivity contribution in [3.05, 3.63) is 57.5 Å². The summed E-state index contributed by atoms with van der Waals surface area (Å²) in [5, 5.41) is 4.75. The Kier molecular flexibility index (Phi) is 4.10. The largest absolute Gasteiger partial charge is 0.347 e. The maximum atomic E-state index is 13.4. The van der Waals surface area contributed by atoms with Gasteiger partial charge in [-0.25, -0.2) is 4.39 Å². The first-order valence-electron chi connectivity index (χ1n) is 5.80. The van der Waals surface area contributed by atoms with E-state index in [-0.39, 0.29) is 11.5 Å². The molecule has 1 N–H and O–H groups in total. The molecule has 1 aromatic carbocycles. The molecule has 0 aliphatic heterocycles. The molecule has 0 spiro atoms. The second kappa shape index (κ2) is 5.78. The highest BCUT2D eigenvalue weighted by Gasteiger charge is 2.11. The van der Waals surface area contributed by atoms with Gasteiger partial charge in [-0.15, -0.1) is 11.3 Å². The third-order valence-corrected chi connectivity index (χ3v) is 3.71.